The van der Waals surface area contributed by atoms with E-state index in [1.165, 1.54) is 0 Å². The second-order valence-corrected chi connectivity index (χ2v) is 3.24. The molecule has 0 aliphatic rings. The van der Waals surface area contributed by atoms with Crippen LogP contribution in [0.4, 0.5) is 0 Å². The summed E-state index contributed by atoms with van der Waals surface area (Å²) in [6, 6.07) is 5.66. The van der Waals surface area contributed by atoms with E-state index in [0.717, 1.165) is 11.4 Å². The molecule has 86 valence electrons. The van der Waals surface area contributed by atoms with Crippen LogP contribution in [0.25, 0.3) is 0 Å². The lowest BCUT2D eigenvalue weighted by molar-refractivity contribution is -0.142. The Bertz CT molecular complexity index is 361. The van der Waals surface area contributed by atoms with Crippen molar-refractivity contribution in [3.05, 3.63) is 30.1 Å². The topological polar surface area (TPSA) is 51.5 Å². The van der Waals surface area contributed by atoms with Gasteiger partial charge in [0, 0.05) is 12.7 Å². The highest BCUT2D eigenvalue weighted by atomic mass is 16.5. The van der Waals surface area contributed by atoms with E-state index in [9.17, 15) is 4.79 Å². The van der Waals surface area contributed by atoms with Crippen LogP contribution in [0.5, 0.6) is 0 Å². The number of hydrogen-bond donors (Lipinski definition) is 0. The molecule has 1 heterocycles. The van der Waals surface area contributed by atoms with E-state index in [-0.39, 0.29) is 5.97 Å². The number of carbonyl (C=O) groups excluding carboxylic acids is 1. The molecule has 0 saturated carbocycles. The van der Waals surface area contributed by atoms with E-state index >= 15 is 0 Å². The predicted molar refractivity (Wildman–Crippen MR) is 62.6 cm³/mol. The molecule has 0 spiro atoms. The first-order valence-electron chi connectivity index (χ1n) is 5.32. The molecule has 1 aromatic rings. The average Bonchev–Trinajstić information content (AvgIpc) is 2.30. The maximum absolute atomic E-state index is 11.1. The summed E-state index contributed by atoms with van der Waals surface area (Å²) in [6.07, 6.45) is 2.04. The van der Waals surface area contributed by atoms with Crippen molar-refractivity contribution < 1.29 is 9.53 Å². The minimum atomic E-state index is -0.208. The number of hydrogen-bond acceptors (Lipinski definition) is 4. The zero-order chi connectivity index (χ0) is 11.8. The number of rotatable bonds is 5. The van der Waals surface area contributed by atoms with Crippen molar-refractivity contribution in [3.63, 3.8) is 0 Å². The molecule has 0 fully saturated rings. The zero-order valence-corrected chi connectivity index (χ0v) is 9.64. The van der Waals surface area contributed by atoms with Crippen LogP contribution in [-0.4, -0.2) is 29.8 Å². The second kappa shape index (κ2) is 6.71. The zero-order valence-electron chi connectivity index (χ0n) is 9.64. The van der Waals surface area contributed by atoms with Gasteiger partial charge in [-0.05, 0) is 26.0 Å². The number of nitrogens with zero attached hydrogens (tertiary/aromatic N) is 2. The van der Waals surface area contributed by atoms with E-state index in [4.69, 9.17) is 4.74 Å². The lowest BCUT2D eigenvalue weighted by atomic mass is 10.2. The first-order chi connectivity index (χ1) is 7.74. The maximum atomic E-state index is 11.1. The summed E-state index contributed by atoms with van der Waals surface area (Å²) in [6.45, 7) is 4.54. The normalized spacial score (nSPS) is 11.2. The van der Waals surface area contributed by atoms with Crippen molar-refractivity contribution in [1.29, 1.82) is 0 Å². The molecule has 0 bridgehead atoms. The number of ether oxygens (including phenoxy) is 1. The van der Waals surface area contributed by atoms with Crippen molar-refractivity contribution in [2.75, 3.05) is 13.2 Å². The Morgan fingerprint density at radius 3 is 2.94 bits per heavy atom. The number of pyridine rings is 1. The van der Waals surface area contributed by atoms with E-state index in [1.807, 2.05) is 25.1 Å². The molecule has 0 unspecified atom stereocenters. The van der Waals surface area contributed by atoms with E-state index in [1.54, 1.807) is 13.1 Å². The van der Waals surface area contributed by atoms with Crippen LogP contribution in [0.3, 0.4) is 0 Å². The first-order valence-corrected chi connectivity index (χ1v) is 5.32. The van der Waals surface area contributed by atoms with Gasteiger partial charge in [-0.3, -0.25) is 14.8 Å². The van der Waals surface area contributed by atoms with Gasteiger partial charge in [-0.1, -0.05) is 6.07 Å². The summed E-state index contributed by atoms with van der Waals surface area (Å²) in [5, 5.41) is 0. The van der Waals surface area contributed by atoms with Gasteiger partial charge in [-0.25, -0.2) is 0 Å². The van der Waals surface area contributed by atoms with Gasteiger partial charge in [0.05, 0.1) is 24.4 Å². The van der Waals surface area contributed by atoms with Crippen molar-refractivity contribution in [2.45, 2.75) is 20.3 Å². The number of esters is 1. The monoisotopic (exact) mass is 220 g/mol. The van der Waals surface area contributed by atoms with Gasteiger partial charge in [0.2, 0.25) is 0 Å². The minimum Gasteiger partial charge on any atom is -0.466 e. The summed E-state index contributed by atoms with van der Waals surface area (Å²) >= 11 is 0. The largest absolute Gasteiger partial charge is 0.466 e. The number of aromatic nitrogens is 1. The molecule has 0 aromatic carbocycles. The van der Waals surface area contributed by atoms with E-state index in [2.05, 4.69) is 9.98 Å². The highest BCUT2D eigenvalue weighted by Crippen LogP contribution is 1.97. The Balaban J connectivity index is 2.43. The van der Waals surface area contributed by atoms with Crippen LogP contribution in [-0.2, 0) is 9.53 Å². The fourth-order valence-electron chi connectivity index (χ4n) is 1.21. The maximum Gasteiger partial charge on any atom is 0.307 e. The molecule has 1 rings (SSSR count). The van der Waals surface area contributed by atoms with Crippen molar-refractivity contribution >= 4 is 11.7 Å². The van der Waals surface area contributed by atoms with E-state index < -0.39 is 0 Å². The lowest BCUT2D eigenvalue weighted by Gasteiger charge is -2.01. The SMILES string of the molecule is CCOC(=O)CCN=C(C)c1ccccn1. The average molecular weight is 220 g/mol. The van der Waals surface area contributed by atoms with Gasteiger partial charge >= 0.3 is 5.97 Å². The molecule has 0 aliphatic carbocycles. The summed E-state index contributed by atoms with van der Waals surface area (Å²) in [5.74, 6) is -0.208. The van der Waals surface area contributed by atoms with Gasteiger partial charge in [-0.15, -0.1) is 0 Å². The highest BCUT2D eigenvalue weighted by molar-refractivity contribution is 5.96. The third-order valence-corrected chi connectivity index (χ3v) is 2.01. The predicted octanol–water partition coefficient (Wildman–Crippen LogP) is 1.84. The van der Waals surface area contributed by atoms with Crippen molar-refractivity contribution in [2.24, 2.45) is 4.99 Å². The van der Waals surface area contributed by atoms with Crippen LogP contribution < -0.4 is 0 Å². The fourth-order valence-corrected chi connectivity index (χ4v) is 1.21. The molecule has 1 aromatic heterocycles. The lowest BCUT2D eigenvalue weighted by Crippen LogP contribution is -2.06. The van der Waals surface area contributed by atoms with Crippen molar-refractivity contribution in [1.82, 2.24) is 4.98 Å². The Morgan fingerprint density at radius 2 is 2.31 bits per heavy atom. The Hall–Kier alpha value is -1.71. The van der Waals surface area contributed by atoms with Crippen molar-refractivity contribution in [3.8, 4) is 0 Å². The first kappa shape index (κ1) is 12.4. The number of aliphatic imine (C=N–C) groups is 1. The Morgan fingerprint density at radius 1 is 1.50 bits per heavy atom. The summed E-state index contributed by atoms with van der Waals surface area (Å²) in [5.41, 5.74) is 1.68. The minimum absolute atomic E-state index is 0.208. The summed E-state index contributed by atoms with van der Waals surface area (Å²) < 4.78 is 4.81. The number of carbonyl (C=O) groups is 1. The smallest absolute Gasteiger partial charge is 0.307 e. The van der Waals surface area contributed by atoms with Gasteiger partial charge in [0.15, 0.2) is 0 Å². The van der Waals surface area contributed by atoms with Gasteiger partial charge in [0.25, 0.3) is 0 Å². The molecular weight excluding hydrogens is 204 g/mol. The third kappa shape index (κ3) is 4.21. The van der Waals surface area contributed by atoms with Crippen LogP contribution in [0, 0.1) is 0 Å². The second-order valence-electron chi connectivity index (χ2n) is 3.24. The van der Waals surface area contributed by atoms with Crippen LogP contribution >= 0.6 is 0 Å². The molecule has 4 heteroatoms. The molecule has 0 atom stereocenters. The van der Waals surface area contributed by atoms with Crippen LogP contribution in [0.15, 0.2) is 29.4 Å². The van der Waals surface area contributed by atoms with Gasteiger partial charge in [0.1, 0.15) is 0 Å². The van der Waals surface area contributed by atoms with E-state index in [0.29, 0.717) is 19.6 Å². The fraction of sp³-hybridized carbons (Fsp3) is 0.417. The molecule has 16 heavy (non-hydrogen) atoms. The summed E-state index contributed by atoms with van der Waals surface area (Å²) in [7, 11) is 0. The molecule has 0 N–H and O–H groups in total. The molecule has 0 saturated heterocycles. The van der Waals surface area contributed by atoms with Gasteiger partial charge < -0.3 is 4.74 Å². The molecule has 4 nitrogen and oxygen atoms in total. The van der Waals surface area contributed by atoms with Crippen LogP contribution in [0.1, 0.15) is 26.0 Å². The Labute approximate surface area is 95.4 Å². The standard InChI is InChI=1S/C12H16N2O2/c1-3-16-12(15)7-9-13-10(2)11-6-4-5-8-14-11/h4-6,8H,3,7,9H2,1-2H3. The molecule has 0 aliphatic heterocycles. The Kier molecular flexibility index (Phi) is 5.19. The molecule has 0 radical (unpaired) electrons. The summed E-state index contributed by atoms with van der Waals surface area (Å²) in [4.78, 5) is 19.5. The highest BCUT2D eigenvalue weighted by Gasteiger charge is 2.01. The van der Waals surface area contributed by atoms with Gasteiger partial charge in [-0.2, -0.15) is 0 Å². The van der Waals surface area contributed by atoms with Crippen LogP contribution in [0.2, 0.25) is 0 Å². The quantitative estimate of drug-likeness (QED) is 0.562. The molecular formula is C12H16N2O2. The molecule has 0 amide bonds. The third-order valence-electron chi connectivity index (χ3n) is 2.01.